The van der Waals surface area contributed by atoms with Crippen molar-refractivity contribution in [3.63, 3.8) is 0 Å². The smallest absolute Gasteiger partial charge is 0.224 e. The Balaban J connectivity index is 1.35. The summed E-state index contributed by atoms with van der Waals surface area (Å²) in [5, 5.41) is 0. The van der Waals surface area contributed by atoms with Crippen molar-refractivity contribution in [2.75, 3.05) is 24.5 Å². The van der Waals surface area contributed by atoms with E-state index in [-0.39, 0.29) is 30.2 Å². The third kappa shape index (κ3) is 4.04. The molecule has 1 fully saturated rings. The van der Waals surface area contributed by atoms with Crippen LogP contribution < -0.4 is 10.6 Å². The van der Waals surface area contributed by atoms with Gasteiger partial charge in [-0.1, -0.05) is 36.4 Å². The minimum absolute atomic E-state index is 0.0961. The van der Waals surface area contributed by atoms with E-state index in [4.69, 9.17) is 5.73 Å². The first-order chi connectivity index (χ1) is 13.6. The van der Waals surface area contributed by atoms with E-state index in [1.54, 1.807) is 18.2 Å². The lowest BCUT2D eigenvalue weighted by molar-refractivity contribution is -0.132. The molecule has 0 aromatic heterocycles. The van der Waals surface area contributed by atoms with Gasteiger partial charge in [-0.3, -0.25) is 4.79 Å². The van der Waals surface area contributed by atoms with Crippen molar-refractivity contribution in [2.45, 2.75) is 44.2 Å². The predicted octanol–water partition coefficient (Wildman–Crippen LogP) is 3.14. The van der Waals surface area contributed by atoms with Crippen LogP contribution in [-0.4, -0.2) is 42.5 Å². The third-order valence-electron chi connectivity index (χ3n) is 5.99. The molecule has 2 aromatic carbocycles. The molecule has 0 bridgehead atoms. The van der Waals surface area contributed by atoms with Gasteiger partial charge in [0.15, 0.2) is 0 Å². The first-order valence-corrected chi connectivity index (χ1v) is 10.2. The number of carbonyl (C=O) groups is 1. The zero-order chi connectivity index (χ0) is 19.5. The summed E-state index contributed by atoms with van der Waals surface area (Å²) in [6.45, 7) is 2.70. The van der Waals surface area contributed by atoms with Crippen LogP contribution in [0.4, 0.5) is 10.1 Å². The molecule has 4 rings (SSSR count). The zero-order valence-corrected chi connectivity index (χ0v) is 16.2. The van der Waals surface area contributed by atoms with E-state index in [1.807, 2.05) is 4.90 Å². The molecule has 4 nitrogen and oxygen atoms in total. The van der Waals surface area contributed by atoms with Gasteiger partial charge >= 0.3 is 0 Å². The van der Waals surface area contributed by atoms with E-state index in [9.17, 15) is 9.18 Å². The number of para-hydroxylation sites is 1. The summed E-state index contributed by atoms with van der Waals surface area (Å²) in [6.07, 6.45) is 3.80. The molecular formula is C23H28FN3O. The Morgan fingerprint density at radius 1 is 1.14 bits per heavy atom. The number of hydrogen-bond donors (Lipinski definition) is 1. The lowest BCUT2D eigenvalue weighted by Crippen LogP contribution is -2.44. The molecule has 2 heterocycles. The molecule has 2 aliphatic rings. The van der Waals surface area contributed by atoms with Crippen LogP contribution in [0.3, 0.4) is 0 Å². The molecule has 2 atom stereocenters. The maximum Gasteiger partial charge on any atom is 0.224 e. The Morgan fingerprint density at radius 2 is 1.93 bits per heavy atom. The van der Waals surface area contributed by atoms with E-state index < -0.39 is 0 Å². The predicted molar refractivity (Wildman–Crippen MR) is 110 cm³/mol. The summed E-state index contributed by atoms with van der Waals surface area (Å²) in [5.41, 5.74) is 9.47. The van der Waals surface area contributed by atoms with Crippen molar-refractivity contribution >= 4 is 11.6 Å². The van der Waals surface area contributed by atoms with Gasteiger partial charge in [-0.05, 0) is 48.9 Å². The quantitative estimate of drug-likeness (QED) is 0.836. The lowest BCUT2D eigenvalue weighted by atomic mass is 10.0. The SMILES string of the molecule is N[C@@H](CC(=O)N1CCC[C@H]1CN1CCc2ccccc21)Cc1ccccc1F. The van der Waals surface area contributed by atoms with Gasteiger partial charge in [-0.15, -0.1) is 0 Å². The number of likely N-dealkylation sites (tertiary alicyclic amines) is 1. The second-order valence-electron chi connectivity index (χ2n) is 7.97. The third-order valence-corrected chi connectivity index (χ3v) is 5.99. The second-order valence-corrected chi connectivity index (χ2v) is 7.97. The van der Waals surface area contributed by atoms with Gasteiger partial charge in [0, 0.05) is 43.8 Å². The van der Waals surface area contributed by atoms with Gasteiger partial charge in [-0.2, -0.15) is 0 Å². The van der Waals surface area contributed by atoms with Gasteiger partial charge in [0.25, 0.3) is 0 Å². The Morgan fingerprint density at radius 3 is 2.79 bits per heavy atom. The maximum absolute atomic E-state index is 13.8. The molecule has 0 aliphatic carbocycles. The zero-order valence-electron chi connectivity index (χ0n) is 16.2. The Labute approximate surface area is 166 Å². The Hall–Kier alpha value is -2.40. The lowest BCUT2D eigenvalue weighted by Gasteiger charge is -2.30. The highest BCUT2D eigenvalue weighted by Crippen LogP contribution is 2.30. The number of rotatable bonds is 6. The van der Waals surface area contributed by atoms with E-state index in [1.165, 1.54) is 17.3 Å². The van der Waals surface area contributed by atoms with Crippen LogP contribution in [0, 0.1) is 5.82 Å². The molecule has 0 spiro atoms. The molecule has 0 unspecified atom stereocenters. The minimum atomic E-state index is -0.363. The summed E-state index contributed by atoms with van der Waals surface area (Å²) in [4.78, 5) is 17.3. The van der Waals surface area contributed by atoms with Crippen LogP contribution in [0.15, 0.2) is 48.5 Å². The van der Waals surface area contributed by atoms with E-state index in [0.717, 1.165) is 38.9 Å². The van der Waals surface area contributed by atoms with Crippen LogP contribution in [0.25, 0.3) is 0 Å². The number of nitrogens with two attached hydrogens (primary N) is 1. The summed E-state index contributed by atoms with van der Waals surface area (Å²) in [5.74, 6) is -0.157. The number of benzene rings is 2. The fourth-order valence-corrected chi connectivity index (χ4v) is 4.56. The van der Waals surface area contributed by atoms with Gasteiger partial charge < -0.3 is 15.5 Å². The van der Waals surface area contributed by atoms with E-state index in [2.05, 4.69) is 29.2 Å². The number of anilines is 1. The first kappa shape index (κ1) is 18.9. The molecule has 0 radical (unpaired) electrons. The standard InChI is InChI=1S/C23H28FN3O/c24-21-9-3-1-7-18(21)14-19(25)15-23(28)27-12-5-8-20(27)16-26-13-11-17-6-2-4-10-22(17)26/h1-4,6-7,9-10,19-20H,5,8,11-16,25H2/t19-,20+/m1/s1. The highest BCUT2D eigenvalue weighted by molar-refractivity contribution is 5.77. The van der Waals surface area contributed by atoms with Crippen LogP contribution >= 0.6 is 0 Å². The molecule has 0 saturated carbocycles. The number of hydrogen-bond acceptors (Lipinski definition) is 3. The Kier molecular flexibility index (Phi) is 5.62. The van der Waals surface area contributed by atoms with Crippen molar-refractivity contribution in [1.29, 1.82) is 0 Å². The van der Waals surface area contributed by atoms with E-state index >= 15 is 0 Å². The van der Waals surface area contributed by atoms with Crippen molar-refractivity contribution in [3.05, 3.63) is 65.5 Å². The number of fused-ring (bicyclic) bond motifs is 1. The molecule has 2 aromatic rings. The second kappa shape index (κ2) is 8.31. The van der Waals surface area contributed by atoms with Crippen molar-refractivity contribution in [2.24, 2.45) is 5.73 Å². The largest absolute Gasteiger partial charge is 0.369 e. The van der Waals surface area contributed by atoms with Gasteiger partial charge in [0.05, 0.1) is 0 Å². The molecular weight excluding hydrogens is 353 g/mol. The summed E-state index contributed by atoms with van der Waals surface area (Å²) in [7, 11) is 0. The van der Waals surface area contributed by atoms with E-state index in [0.29, 0.717) is 12.0 Å². The van der Waals surface area contributed by atoms with Crippen molar-refractivity contribution in [3.8, 4) is 0 Å². The highest BCUT2D eigenvalue weighted by atomic mass is 19.1. The fraction of sp³-hybridized carbons (Fsp3) is 0.435. The molecule has 148 valence electrons. The number of amides is 1. The molecule has 2 aliphatic heterocycles. The summed E-state index contributed by atoms with van der Waals surface area (Å²) in [6, 6.07) is 15.1. The summed E-state index contributed by atoms with van der Waals surface area (Å²) >= 11 is 0. The number of halogens is 1. The van der Waals surface area contributed by atoms with Crippen molar-refractivity contribution in [1.82, 2.24) is 4.90 Å². The van der Waals surface area contributed by atoms with Gasteiger partial charge in [0.2, 0.25) is 5.91 Å². The van der Waals surface area contributed by atoms with Gasteiger partial charge in [-0.25, -0.2) is 4.39 Å². The van der Waals surface area contributed by atoms with Crippen LogP contribution in [0.2, 0.25) is 0 Å². The number of nitrogens with zero attached hydrogens (tertiary/aromatic N) is 2. The normalized spacial score (nSPS) is 19.7. The minimum Gasteiger partial charge on any atom is -0.369 e. The van der Waals surface area contributed by atoms with Crippen LogP contribution in [0.1, 0.15) is 30.4 Å². The monoisotopic (exact) mass is 381 g/mol. The first-order valence-electron chi connectivity index (χ1n) is 10.2. The fourth-order valence-electron chi connectivity index (χ4n) is 4.56. The average molecular weight is 381 g/mol. The molecule has 1 amide bonds. The topological polar surface area (TPSA) is 49.6 Å². The molecule has 28 heavy (non-hydrogen) atoms. The van der Waals surface area contributed by atoms with Crippen molar-refractivity contribution < 1.29 is 9.18 Å². The average Bonchev–Trinajstić information content (AvgIpc) is 3.31. The Bertz CT molecular complexity index is 840. The number of carbonyl (C=O) groups excluding carboxylic acids is 1. The van der Waals surface area contributed by atoms with Crippen LogP contribution in [0.5, 0.6) is 0 Å². The molecule has 1 saturated heterocycles. The molecule has 5 heteroatoms. The molecule has 2 N–H and O–H groups in total. The highest BCUT2D eigenvalue weighted by Gasteiger charge is 2.32. The van der Waals surface area contributed by atoms with Crippen LogP contribution in [-0.2, 0) is 17.6 Å². The van der Waals surface area contributed by atoms with Gasteiger partial charge in [0.1, 0.15) is 5.82 Å². The summed E-state index contributed by atoms with van der Waals surface area (Å²) < 4.78 is 13.8. The maximum atomic E-state index is 13.8.